The zero-order valence-corrected chi connectivity index (χ0v) is 18.7. The lowest BCUT2D eigenvalue weighted by atomic mass is 10.1. The fraction of sp³-hybridized carbons (Fsp3) is 0.167. The molecule has 0 unspecified atom stereocenters. The number of amides is 2. The molecule has 2 amide bonds. The summed E-state index contributed by atoms with van der Waals surface area (Å²) in [6.45, 7) is 2.35. The quantitative estimate of drug-likeness (QED) is 0.507. The molecule has 1 aromatic heterocycles. The Morgan fingerprint density at radius 3 is 2.44 bits per heavy atom. The molecule has 0 atom stereocenters. The molecule has 1 aliphatic rings. The standard InChI is InChI=1S/C24H22N2O5S/c1-4-31-18-9-6-5-8-16(18)25-22-21(20-10-7-13-32-20)23(27)26(24(22)28)17-14-15(29-2)11-12-19(17)30-3/h5-14,25H,4H2,1-3H3. The molecule has 1 N–H and O–H groups in total. The fourth-order valence-corrected chi connectivity index (χ4v) is 4.24. The SMILES string of the molecule is CCOc1ccccc1NC1=C(c2cccs2)C(=O)N(c2cc(OC)ccc2OC)C1=O. The van der Waals surface area contributed by atoms with Crippen LogP contribution in [0.1, 0.15) is 11.8 Å². The largest absolute Gasteiger partial charge is 0.497 e. The number of methoxy groups -OCH3 is 2. The van der Waals surface area contributed by atoms with Gasteiger partial charge in [-0.1, -0.05) is 18.2 Å². The molecular formula is C24H22N2O5S. The van der Waals surface area contributed by atoms with Gasteiger partial charge in [0.25, 0.3) is 11.8 Å². The topological polar surface area (TPSA) is 77.1 Å². The maximum atomic E-state index is 13.6. The van der Waals surface area contributed by atoms with Crippen LogP contribution in [0.15, 0.2) is 65.7 Å². The van der Waals surface area contributed by atoms with Crippen LogP contribution in [0.3, 0.4) is 0 Å². The predicted molar refractivity (Wildman–Crippen MR) is 125 cm³/mol. The van der Waals surface area contributed by atoms with Gasteiger partial charge in [-0.15, -0.1) is 11.3 Å². The molecule has 4 rings (SSSR count). The van der Waals surface area contributed by atoms with E-state index in [1.807, 2.05) is 36.6 Å². The molecule has 3 aromatic rings. The predicted octanol–water partition coefficient (Wildman–Crippen LogP) is 4.56. The van der Waals surface area contributed by atoms with Crippen LogP contribution in [0.4, 0.5) is 11.4 Å². The Morgan fingerprint density at radius 1 is 0.938 bits per heavy atom. The van der Waals surface area contributed by atoms with Crippen LogP contribution in [0.5, 0.6) is 17.2 Å². The molecule has 164 valence electrons. The Morgan fingerprint density at radius 2 is 1.75 bits per heavy atom. The molecule has 0 spiro atoms. The number of anilines is 2. The number of nitrogens with one attached hydrogen (secondary N) is 1. The Hall–Kier alpha value is -3.78. The van der Waals surface area contributed by atoms with Crippen molar-refractivity contribution in [3.05, 3.63) is 70.6 Å². The van der Waals surface area contributed by atoms with E-state index in [1.165, 1.54) is 25.6 Å². The summed E-state index contributed by atoms with van der Waals surface area (Å²) in [4.78, 5) is 29.0. The van der Waals surface area contributed by atoms with Gasteiger partial charge in [0.15, 0.2) is 0 Å². The second kappa shape index (κ2) is 9.15. The van der Waals surface area contributed by atoms with Crippen molar-refractivity contribution < 1.29 is 23.8 Å². The molecule has 8 heteroatoms. The number of nitrogens with zero attached hydrogens (tertiary/aromatic N) is 1. The minimum Gasteiger partial charge on any atom is -0.497 e. The second-order valence-electron chi connectivity index (χ2n) is 6.76. The first-order valence-electron chi connectivity index (χ1n) is 9.96. The summed E-state index contributed by atoms with van der Waals surface area (Å²) < 4.78 is 16.4. The third-order valence-electron chi connectivity index (χ3n) is 4.92. The molecule has 0 aliphatic carbocycles. The normalized spacial score (nSPS) is 13.5. The number of para-hydroxylation sites is 2. The number of ether oxygens (including phenoxy) is 3. The molecule has 0 saturated heterocycles. The Balaban J connectivity index is 1.83. The summed E-state index contributed by atoms with van der Waals surface area (Å²) >= 11 is 1.38. The van der Waals surface area contributed by atoms with Gasteiger partial charge in [-0.05, 0) is 42.6 Å². The second-order valence-corrected chi connectivity index (χ2v) is 7.71. The van der Waals surface area contributed by atoms with E-state index in [1.54, 1.807) is 30.3 Å². The summed E-state index contributed by atoms with van der Waals surface area (Å²) in [5, 5.41) is 5.02. The van der Waals surface area contributed by atoms with Gasteiger partial charge in [-0.2, -0.15) is 0 Å². The van der Waals surface area contributed by atoms with E-state index in [4.69, 9.17) is 14.2 Å². The highest BCUT2D eigenvalue weighted by molar-refractivity contribution is 7.11. The third kappa shape index (κ3) is 3.80. The van der Waals surface area contributed by atoms with Crippen molar-refractivity contribution in [2.45, 2.75) is 6.92 Å². The monoisotopic (exact) mass is 450 g/mol. The highest BCUT2D eigenvalue weighted by atomic mass is 32.1. The lowest BCUT2D eigenvalue weighted by Crippen LogP contribution is -2.32. The van der Waals surface area contributed by atoms with Crippen LogP contribution >= 0.6 is 11.3 Å². The van der Waals surface area contributed by atoms with E-state index in [-0.39, 0.29) is 5.70 Å². The number of imide groups is 1. The number of rotatable bonds is 8. The molecule has 2 aromatic carbocycles. The first kappa shape index (κ1) is 21.5. The van der Waals surface area contributed by atoms with Crippen molar-refractivity contribution in [2.75, 3.05) is 31.0 Å². The Labute approximate surface area is 189 Å². The van der Waals surface area contributed by atoms with E-state index in [0.29, 0.717) is 45.7 Å². The highest BCUT2D eigenvalue weighted by Gasteiger charge is 2.42. The van der Waals surface area contributed by atoms with Crippen molar-refractivity contribution in [3.63, 3.8) is 0 Å². The van der Waals surface area contributed by atoms with Gasteiger partial charge in [0, 0.05) is 10.9 Å². The van der Waals surface area contributed by atoms with Gasteiger partial charge < -0.3 is 19.5 Å². The van der Waals surface area contributed by atoms with E-state index in [9.17, 15) is 9.59 Å². The summed E-state index contributed by atoms with van der Waals surface area (Å²) in [5.74, 6) is 0.540. The summed E-state index contributed by atoms with van der Waals surface area (Å²) in [6.07, 6.45) is 0. The van der Waals surface area contributed by atoms with Crippen LogP contribution in [0.2, 0.25) is 0 Å². The van der Waals surface area contributed by atoms with Crippen LogP contribution in [-0.2, 0) is 9.59 Å². The van der Waals surface area contributed by atoms with E-state index in [2.05, 4.69) is 5.32 Å². The van der Waals surface area contributed by atoms with Gasteiger partial charge in [-0.25, -0.2) is 4.90 Å². The number of carbonyl (C=O) groups excluding carboxylic acids is 2. The molecule has 0 radical (unpaired) electrons. The number of thiophene rings is 1. The van der Waals surface area contributed by atoms with Crippen LogP contribution in [-0.4, -0.2) is 32.6 Å². The first-order valence-corrected chi connectivity index (χ1v) is 10.8. The summed E-state index contributed by atoms with van der Waals surface area (Å²) in [5.41, 5.74) is 1.38. The van der Waals surface area contributed by atoms with Gasteiger partial charge in [0.1, 0.15) is 22.9 Å². The van der Waals surface area contributed by atoms with Crippen molar-refractivity contribution in [1.29, 1.82) is 0 Å². The van der Waals surface area contributed by atoms with Crippen molar-refractivity contribution in [2.24, 2.45) is 0 Å². The number of hydrogen-bond donors (Lipinski definition) is 1. The Kier molecular flexibility index (Phi) is 6.13. The van der Waals surface area contributed by atoms with Gasteiger partial charge >= 0.3 is 0 Å². The first-order chi connectivity index (χ1) is 15.6. The fourth-order valence-electron chi connectivity index (χ4n) is 3.47. The van der Waals surface area contributed by atoms with Crippen LogP contribution in [0.25, 0.3) is 5.57 Å². The summed E-state index contributed by atoms with van der Waals surface area (Å²) in [7, 11) is 3.01. The van der Waals surface area contributed by atoms with Gasteiger partial charge in [0.2, 0.25) is 0 Å². The number of benzene rings is 2. The van der Waals surface area contributed by atoms with Gasteiger partial charge in [-0.3, -0.25) is 9.59 Å². The molecule has 0 fully saturated rings. The minimum atomic E-state index is -0.490. The number of carbonyl (C=O) groups is 2. The van der Waals surface area contributed by atoms with Gasteiger partial charge in [0.05, 0.1) is 37.8 Å². The zero-order chi connectivity index (χ0) is 22.7. The van der Waals surface area contributed by atoms with Crippen LogP contribution in [0, 0.1) is 0 Å². The smallest absolute Gasteiger partial charge is 0.282 e. The number of hydrogen-bond acceptors (Lipinski definition) is 7. The zero-order valence-electron chi connectivity index (χ0n) is 17.9. The molecule has 1 aliphatic heterocycles. The molecule has 0 saturated carbocycles. The van der Waals surface area contributed by atoms with E-state index in [0.717, 1.165) is 4.90 Å². The molecule has 2 heterocycles. The van der Waals surface area contributed by atoms with E-state index >= 15 is 0 Å². The molecule has 7 nitrogen and oxygen atoms in total. The van der Waals surface area contributed by atoms with Crippen molar-refractivity contribution in [1.82, 2.24) is 0 Å². The average Bonchev–Trinajstić information content (AvgIpc) is 3.41. The van der Waals surface area contributed by atoms with E-state index < -0.39 is 11.8 Å². The van der Waals surface area contributed by atoms with Crippen molar-refractivity contribution in [3.8, 4) is 17.2 Å². The summed E-state index contributed by atoms with van der Waals surface area (Å²) in [6, 6.07) is 15.9. The molecule has 0 bridgehead atoms. The third-order valence-corrected chi connectivity index (χ3v) is 5.81. The Bertz CT molecular complexity index is 1190. The molecular weight excluding hydrogens is 428 g/mol. The average molecular weight is 451 g/mol. The lowest BCUT2D eigenvalue weighted by molar-refractivity contribution is -0.120. The lowest BCUT2D eigenvalue weighted by Gasteiger charge is -2.19. The maximum absolute atomic E-state index is 13.6. The maximum Gasteiger partial charge on any atom is 0.282 e. The minimum absolute atomic E-state index is 0.175. The van der Waals surface area contributed by atoms with Crippen LogP contribution < -0.4 is 24.4 Å². The highest BCUT2D eigenvalue weighted by Crippen LogP contribution is 2.41. The van der Waals surface area contributed by atoms with Crippen molar-refractivity contribution >= 4 is 40.1 Å². The molecule has 32 heavy (non-hydrogen) atoms.